The lowest BCUT2D eigenvalue weighted by Crippen LogP contribution is -2.14. The van der Waals surface area contributed by atoms with Crippen molar-refractivity contribution in [2.75, 3.05) is 11.9 Å². The zero-order valence-corrected chi connectivity index (χ0v) is 12.8. The van der Waals surface area contributed by atoms with Crippen molar-refractivity contribution < 1.29 is 9.53 Å². The van der Waals surface area contributed by atoms with Gasteiger partial charge in [-0.05, 0) is 41.8 Å². The van der Waals surface area contributed by atoms with Crippen LogP contribution in [0.5, 0.6) is 5.75 Å². The van der Waals surface area contributed by atoms with E-state index in [9.17, 15) is 4.79 Å². The first-order chi connectivity index (χ1) is 10.7. The molecule has 0 spiro atoms. The molecule has 1 amide bonds. The Balaban J connectivity index is 1.89. The number of hydrogen-bond acceptors (Lipinski definition) is 2. The van der Waals surface area contributed by atoms with Crippen LogP contribution in [-0.2, 0) is 17.6 Å². The third-order valence-corrected chi connectivity index (χ3v) is 3.30. The normalized spacial score (nSPS) is 10.0. The summed E-state index contributed by atoms with van der Waals surface area (Å²) in [7, 11) is 0. The van der Waals surface area contributed by atoms with Crippen molar-refractivity contribution in [1.29, 1.82) is 0 Å². The van der Waals surface area contributed by atoms with E-state index in [4.69, 9.17) is 4.74 Å². The van der Waals surface area contributed by atoms with Gasteiger partial charge in [-0.15, -0.1) is 0 Å². The summed E-state index contributed by atoms with van der Waals surface area (Å²) in [5.41, 5.74) is 3.06. The van der Waals surface area contributed by atoms with E-state index in [1.807, 2.05) is 36.4 Å². The lowest BCUT2D eigenvalue weighted by Gasteiger charge is -2.07. The predicted octanol–water partition coefficient (Wildman–Crippen LogP) is 4.00. The van der Waals surface area contributed by atoms with Crippen LogP contribution in [0.2, 0.25) is 0 Å². The van der Waals surface area contributed by atoms with Crippen LogP contribution in [0.4, 0.5) is 5.69 Å². The first-order valence-electron chi connectivity index (χ1n) is 7.42. The molecule has 114 valence electrons. The van der Waals surface area contributed by atoms with Gasteiger partial charge in [0.2, 0.25) is 5.91 Å². The first kappa shape index (κ1) is 15.8. The van der Waals surface area contributed by atoms with Crippen LogP contribution in [0, 0.1) is 0 Å². The zero-order chi connectivity index (χ0) is 15.8. The molecule has 0 saturated heterocycles. The van der Waals surface area contributed by atoms with E-state index in [1.54, 1.807) is 6.08 Å². The lowest BCUT2D eigenvalue weighted by molar-refractivity contribution is -0.115. The smallest absolute Gasteiger partial charge is 0.228 e. The number of hydrogen-bond donors (Lipinski definition) is 1. The van der Waals surface area contributed by atoms with E-state index in [-0.39, 0.29) is 5.91 Å². The maximum Gasteiger partial charge on any atom is 0.228 e. The maximum absolute atomic E-state index is 12.0. The van der Waals surface area contributed by atoms with Crippen LogP contribution in [0.1, 0.15) is 18.1 Å². The Morgan fingerprint density at radius 3 is 2.32 bits per heavy atom. The van der Waals surface area contributed by atoms with Crippen molar-refractivity contribution in [2.24, 2.45) is 0 Å². The molecule has 22 heavy (non-hydrogen) atoms. The van der Waals surface area contributed by atoms with E-state index in [2.05, 4.69) is 31.0 Å². The summed E-state index contributed by atoms with van der Waals surface area (Å²) >= 11 is 0. The summed E-state index contributed by atoms with van der Waals surface area (Å²) in [6.45, 7) is 6.19. The standard InChI is InChI=1S/C19H21NO2/c1-3-13-22-18-11-9-17(10-12-18)20-19(21)14-16-7-5-15(4-2)6-8-16/h3,5-12H,1,4,13-14H2,2H3,(H,20,21). The van der Waals surface area contributed by atoms with Crippen molar-refractivity contribution in [3.8, 4) is 5.75 Å². The average Bonchev–Trinajstić information content (AvgIpc) is 2.55. The molecule has 0 fully saturated rings. The second-order valence-electron chi connectivity index (χ2n) is 5.02. The summed E-state index contributed by atoms with van der Waals surface area (Å²) in [6.07, 6.45) is 3.07. The third-order valence-electron chi connectivity index (χ3n) is 3.30. The van der Waals surface area contributed by atoms with Gasteiger partial charge in [-0.25, -0.2) is 0 Å². The molecule has 2 aromatic rings. The Morgan fingerprint density at radius 1 is 1.09 bits per heavy atom. The molecule has 0 unspecified atom stereocenters. The Labute approximate surface area is 131 Å². The molecule has 3 heteroatoms. The molecule has 2 rings (SSSR count). The van der Waals surface area contributed by atoms with Crippen molar-refractivity contribution in [3.63, 3.8) is 0 Å². The van der Waals surface area contributed by atoms with Crippen LogP contribution >= 0.6 is 0 Å². The van der Waals surface area contributed by atoms with Gasteiger partial charge in [-0.1, -0.05) is 43.8 Å². The Bertz CT molecular complexity index is 615. The van der Waals surface area contributed by atoms with Crippen LogP contribution in [0.25, 0.3) is 0 Å². The molecule has 0 bridgehead atoms. The quantitative estimate of drug-likeness (QED) is 0.784. The Morgan fingerprint density at radius 2 is 1.73 bits per heavy atom. The number of carbonyl (C=O) groups is 1. The number of aryl methyl sites for hydroxylation is 1. The molecule has 0 saturated carbocycles. The molecule has 0 heterocycles. The second-order valence-corrected chi connectivity index (χ2v) is 5.02. The number of ether oxygens (including phenoxy) is 1. The summed E-state index contributed by atoms with van der Waals surface area (Å²) < 4.78 is 5.40. The molecular weight excluding hydrogens is 274 g/mol. The maximum atomic E-state index is 12.0. The molecule has 0 atom stereocenters. The number of nitrogens with one attached hydrogen (secondary N) is 1. The van der Waals surface area contributed by atoms with Crippen LogP contribution in [-0.4, -0.2) is 12.5 Å². The number of carbonyl (C=O) groups excluding carboxylic acids is 1. The minimum atomic E-state index is -0.0241. The SMILES string of the molecule is C=CCOc1ccc(NC(=O)Cc2ccc(CC)cc2)cc1. The summed E-state index contributed by atoms with van der Waals surface area (Å²) in [4.78, 5) is 12.0. The van der Waals surface area contributed by atoms with Crippen LogP contribution in [0.15, 0.2) is 61.2 Å². The molecule has 3 nitrogen and oxygen atoms in total. The van der Waals surface area contributed by atoms with Gasteiger partial charge in [-0.2, -0.15) is 0 Å². The molecule has 0 aliphatic carbocycles. The van der Waals surface area contributed by atoms with Gasteiger partial charge in [0.15, 0.2) is 0 Å². The van der Waals surface area contributed by atoms with E-state index < -0.39 is 0 Å². The van der Waals surface area contributed by atoms with Gasteiger partial charge in [0, 0.05) is 5.69 Å². The molecule has 0 radical (unpaired) electrons. The highest BCUT2D eigenvalue weighted by molar-refractivity contribution is 5.92. The highest BCUT2D eigenvalue weighted by Crippen LogP contribution is 2.16. The highest BCUT2D eigenvalue weighted by Gasteiger charge is 2.04. The molecule has 0 aromatic heterocycles. The number of rotatable bonds is 7. The van der Waals surface area contributed by atoms with Gasteiger partial charge in [0.1, 0.15) is 12.4 Å². The fourth-order valence-corrected chi connectivity index (χ4v) is 2.07. The van der Waals surface area contributed by atoms with Crippen molar-refractivity contribution in [1.82, 2.24) is 0 Å². The third kappa shape index (κ3) is 4.77. The molecule has 1 N–H and O–H groups in total. The van der Waals surface area contributed by atoms with Crippen LogP contribution < -0.4 is 10.1 Å². The summed E-state index contributed by atoms with van der Waals surface area (Å²) in [5, 5.41) is 2.89. The number of amides is 1. The fourth-order valence-electron chi connectivity index (χ4n) is 2.07. The Hall–Kier alpha value is -2.55. The van der Waals surface area contributed by atoms with Gasteiger partial charge in [0.25, 0.3) is 0 Å². The lowest BCUT2D eigenvalue weighted by atomic mass is 10.1. The molecular formula is C19H21NO2. The van der Waals surface area contributed by atoms with E-state index in [0.29, 0.717) is 13.0 Å². The second kappa shape index (κ2) is 8.03. The van der Waals surface area contributed by atoms with E-state index >= 15 is 0 Å². The largest absolute Gasteiger partial charge is 0.490 e. The van der Waals surface area contributed by atoms with Crippen LogP contribution in [0.3, 0.4) is 0 Å². The Kier molecular flexibility index (Phi) is 5.78. The van der Waals surface area contributed by atoms with Gasteiger partial charge in [0.05, 0.1) is 6.42 Å². The predicted molar refractivity (Wildman–Crippen MR) is 90.3 cm³/mol. The number of anilines is 1. The first-order valence-corrected chi connectivity index (χ1v) is 7.42. The van der Waals surface area contributed by atoms with Crippen molar-refractivity contribution in [2.45, 2.75) is 19.8 Å². The summed E-state index contributed by atoms with van der Waals surface area (Å²) in [6, 6.07) is 15.5. The molecule has 2 aromatic carbocycles. The zero-order valence-electron chi connectivity index (χ0n) is 12.8. The van der Waals surface area contributed by atoms with Gasteiger partial charge < -0.3 is 10.1 Å². The number of benzene rings is 2. The monoisotopic (exact) mass is 295 g/mol. The summed E-state index contributed by atoms with van der Waals surface area (Å²) in [5.74, 6) is 0.733. The topological polar surface area (TPSA) is 38.3 Å². The fraction of sp³-hybridized carbons (Fsp3) is 0.211. The minimum absolute atomic E-state index is 0.0241. The molecule has 0 aliphatic rings. The minimum Gasteiger partial charge on any atom is -0.490 e. The molecule has 0 aliphatic heterocycles. The highest BCUT2D eigenvalue weighted by atomic mass is 16.5. The van der Waals surface area contributed by atoms with E-state index in [1.165, 1.54) is 5.56 Å². The van der Waals surface area contributed by atoms with Crippen molar-refractivity contribution in [3.05, 3.63) is 72.3 Å². The van der Waals surface area contributed by atoms with Gasteiger partial charge in [-0.3, -0.25) is 4.79 Å². The van der Waals surface area contributed by atoms with E-state index in [0.717, 1.165) is 23.4 Å². The van der Waals surface area contributed by atoms with Gasteiger partial charge >= 0.3 is 0 Å². The average molecular weight is 295 g/mol. The van der Waals surface area contributed by atoms with Crippen molar-refractivity contribution >= 4 is 11.6 Å².